The van der Waals surface area contributed by atoms with Gasteiger partial charge >= 0.3 is 0 Å². The van der Waals surface area contributed by atoms with Crippen molar-refractivity contribution in [1.82, 2.24) is 19.6 Å². The van der Waals surface area contributed by atoms with Gasteiger partial charge in [0, 0.05) is 39.8 Å². The Balaban J connectivity index is 1.74. The van der Waals surface area contributed by atoms with Gasteiger partial charge in [-0.1, -0.05) is 0 Å². The van der Waals surface area contributed by atoms with Crippen LogP contribution >= 0.6 is 0 Å². The van der Waals surface area contributed by atoms with Gasteiger partial charge in [0.25, 0.3) is 5.91 Å². The molecule has 0 bridgehead atoms. The predicted octanol–water partition coefficient (Wildman–Crippen LogP) is -0.118. The molecule has 7 nitrogen and oxygen atoms in total. The Kier molecular flexibility index (Phi) is 3.67. The van der Waals surface area contributed by atoms with Crippen LogP contribution < -0.4 is 0 Å². The average Bonchev–Trinajstić information content (AvgIpc) is 2.91. The number of carbonyl (C=O) groups excluding carboxylic acids is 2. The van der Waals surface area contributed by atoms with Gasteiger partial charge in [-0.25, -0.2) is 0 Å². The number of amides is 2. The van der Waals surface area contributed by atoms with Crippen LogP contribution in [0.2, 0.25) is 0 Å². The van der Waals surface area contributed by atoms with Crippen LogP contribution in [0.3, 0.4) is 0 Å². The fourth-order valence-electron chi connectivity index (χ4n) is 3.14. The third-order valence-corrected chi connectivity index (χ3v) is 4.21. The number of hydrogen-bond acceptors (Lipinski definition) is 4. The number of rotatable bonds is 1. The van der Waals surface area contributed by atoms with E-state index in [9.17, 15) is 9.59 Å². The van der Waals surface area contributed by atoms with E-state index in [0.29, 0.717) is 31.9 Å². The van der Waals surface area contributed by atoms with Gasteiger partial charge in [-0.05, 0) is 12.5 Å². The highest BCUT2D eigenvalue weighted by Crippen LogP contribution is 2.24. The van der Waals surface area contributed by atoms with Crippen LogP contribution in [0.4, 0.5) is 0 Å². The lowest BCUT2D eigenvalue weighted by Crippen LogP contribution is -2.61. The number of piperidine rings is 1. The monoisotopic (exact) mass is 292 g/mol. The fraction of sp³-hybridized carbons (Fsp3) is 0.643. The second kappa shape index (κ2) is 5.48. The van der Waals surface area contributed by atoms with Crippen molar-refractivity contribution in [1.29, 1.82) is 0 Å². The molecule has 2 saturated heterocycles. The van der Waals surface area contributed by atoms with Crippen LogP contribution in [-0.4, -0.2) is 69.8 Å². The first-order valence-corrected chi connectivity index (χ1v) is 7.24. The lowest BCUT2D eigenvalue weighted by Gasteiger charge is -2.46. The Morgan fingerprint density at radius 1 is 1.38 bits per heavy atom. The number of morpholine rings is 1. The molecule has 2 amide bonds. The number of aromatic nitrogens is 2. The molecule has 7 heteroatoms. The number of aryl methyl sites for hydroxylation is 1. The topological polar surface area (TPSA) is 67.7 Å². The van der Waals surface area contributed by atoms with Gasteiger partial charge in [-0.3, -0.25) is 14.3 Å². The first-order valence-electron chi connectivity index (χ1n) is 7.24. The van der Waals surface area contributed by atoms with E-state index in [0.717, 1.165) is 6.42 Å². The van der Waals surface area contributed by atoms with Gasteiger partial charge in [0.1, 0.15) is 5.69 Å². The quantitative estimate of drug-likeness (QED) is 0.724. The molecule has 114 valence electrons. The van der Waals surface area contributed by atoms with Crippen LogP contribution in [0.25, 0.3) is 0 Å². The Morgan fingerprint density at radius 3 is 2.86 bits per heavy atom. The summed E-state index contributed by atoms with van der Waals surface area (Å²) in [6.45, 7) is 3.90. The predicted molar refractivity (Wildman–Crippen MR) is 74.6 cm³/mol. The van der Waals surface area contributed by atoms with Gasteiger partial charge in [-0.15, -0.1) is 0 Å². The first-order chi connectivity index (χ1) is 10.1. The van der Waals surface area contributed by atoms with E-state index in [1.807, 2.05) is 4.90 Å². The van der Waals surface area contributed by atoms with E-state index in [2.05, 4.69) is 5.10 Å². The van der Waals surface area contributed by atoms with Crippen LogP contribution in [0.5, 0.6) is 0 Å². The van der Waals surface area contributed by atoms with Crippen molar-refractivity contribution in [3.63, 3.8) is 0 Å². The highest BCUT2D eigenvalue weighted by molar-refractivity contribution is 5.92. The maximum absolute atomic E-state index is 12.5. The van der Waals surface area contributed by atoms with Crippen LogP contribution in [0.15, 0.2) is 12.3 Å². The molecular weight excluding hydrogens is 272 g/mol. The SMILES string of the molecule is CC(=O)N1CCO[C@H]2CCN(C(=O)c3ccn(C)n3)C[C@@H]21. The summed E-state index contributed by atoms with van der Waals surface area (Å²) in [5.74, 6) is -0.0384. The second-order valence-corrected chi connectivity index (χ2v) is 5.60. The summed E-state index contributed by atoms with van der Waals surface area (Å²) in [6.07, 6.45) is 2.55. The van der Waals surface area contributed by atoms with Crippen molar-refractivity contribution in [2.45, 2.75) is 25.5 Å². The smallest absolute Gasteiger partial charge is 0.274 e. The summed E-state index contributed by atoms with van der Waals surface area (Å²) in [7, 11) is 1.79. The molecule has 3 heterocycles. The largest absolute Gasteiger partial charge is 0.374 e. The third kappa shape index (κ3) is 2.65. The first kappa shape index (κ1) is 14.1. The average molecular weight is 292 g/mol. The normalized spacial score (nSPS) is 25.6. The summed E-state index contributed by atoms with van der Waals surface area (Å²) in [4.78, 5) is 27.8. The van der Waals surface area contributed by atoms with Crippen molar-refractivity contribution in [3.05, 3.63) is 18.0 Å². The molecule has 2 aliphatic heterocycles. The second-order valence-electron chi connectivity index (χ2n) is 5.60. The van der Waals surface area contributed by atoms with E-state index in [4.69, 9.17) is 4.74 Å². The number of carbonyl (C=O) groups is 2. The number of ether oxygens (including phenoxy) is 1. The lowest BCUT2D eigenvalue weighted by atomic mass is 9.98. The Labute approximate surface area is 123 Å². The zero-order valence-corrected chi connectivity index (χ0v) is 12.4. The van der Waals surface area contributed by atoms with Gasteiger partial charge < -0.3 is 14.5 Å². The summed E-state index contributed by atoms with van der Waals surface area (Å²) in [5.41, 5.74) is 0.446. The molecule has 0 spiro atoms. The Bertz CT molecular complexity index is 556. The summed E-state index contributed by atoms with van der Waals surface area (Å²) >= 11 is 0. The summed E-state index contributed by atoms with van der Waals surface area (Å²) in [6, 6.07) is 1.67. The van der Waals surface area contributed by atoms with Gasteiger partial charge in [0.2, 0.25) is 5.91 Å². The standard InChI is InChI=1S/C14H20N4O3/c1-10(19)18-7-8-21-13-4-6-17(9-12(13)18)14(20)11-3-5-16(2)15-11/h3,5,12-13H,4,6-9H2,1-2H3/t12-,13-/m0/s1. The maximum atomic E-state index is 12.5. The van der Waals surface area contributed by atoms with Gasteiger partial charge in [-0.2, -0.15) is 5.10 Å². The van der Waals surface area contributed by atoms with Crippen LogP contribution in [-0.2, 0) is 16.6 Å². The number of fused-ring (bicyclic) bond motifs is 1. The molecule has 1 aromatic rings. The zero-order valence-electron chi connectivity index (χ0n) is 12.4. The third-order valence-electron chi connectivity index (χ3n) is 4.21. The Hall–Kier alpha value is -1.89. The highest BCUT2D eigenvalue weighted by Gasteiger charge is 2.39. The molecule has 0 N–H and O–H groups in total. The minimum atomic E-state index is -0.0804. The minimum Gasteiger partial charge on any atom is -0.374 e. The number of likely N-dealkylation sites (tertiary alicyclic amines) is 1. The molecule has 0 aliphatic carbocycles. The Morgan fingerprint density at radius 2 is 2.19 bits per heavy atom. The van der Waals surface area contributed by atoms with E-state index in [1.54, 1.807) is 35.8 Å². The van der Waals surface area contributed by atoms with Crippen molar-refractivity contribution < 1.29 is 14.3 Å². The van der Waals surface area contributed by atoms with Crippen LogP contribution in [0.1, 0.15) is 23.8 Å². The molecule has 0 saturated carbocycles. The number of hydrogen-bond donors (Lipinski definition) is 0. The highest BCUT2D eigenvalue weighted by atomic mass is 16.5. The maximum Gasteiger partial charge on any atom is 0.274 e. The molecule has 2 fully saturated rings. The fourth-order valence-corrected chi connectivity index (χ4v) is 3.14. The van der Waals surface area contributed by atoms with Crippen molar-refractivity contribution in [2.75, 3.05) is 26.2 Å². The molecule has 2 atom stereocenters. The van der Waals surface area contributed by atoms with Crippen molar-refractivity contribution in [3.8, 4) is 0 Å². The van der Waals surface area contributed by atoms with E-state index in [1.165, 1.54) is 0 Å². The molecule has 1 aromatic heterocycles. The van der Waals surface area contributed by atoms with Crippen molar-refractivity contribution in [2.24, 2.45) is 7.05 Å². The molecule has 3 rings (SSSR count). The lowest BCUT2D eigenvalue weighted by molar-refractivity contribution is -0.149. The molecule has 2 aliphatic rings. The van der Waals surface area contributed by atoms with E-state index in [-0.39, 0.29) is 24.0 Å². The van der Waals surface area contributed by atoms with Gasteiger partial charge in [0.15, 0.2) is 0 Å². The van der Waals surface area contributed by atoms with Gasteiger partial charge in [0.05, 0.1) is 18.8 Å². The molecular formula is C14H20N4O3. The van der Waals surface area contributed by atoms with E-state index < -0.39 is 0 Å². The molecule has 21 heavy (non-hydrogen) atoms. The summed E-state index contributed by atoms with van der Waals surface area (Å²) in [5, 5.41) is 4.16. The summed E-state index contributed by atoms with van der Waals surface area (Å²) < 4.78 is 7.37. The zero-order chi connectivity index (χ0) is 15.0. The molecule has 0 unspecified atom stereocenters. The van der Waals surface area contributed by atoms with Crippen molar-refractivity contribution >= 4 is 11.8 Å². The molecule has 0 radical (unpaired) electrons. The number of nitrogens with zero attached hydrogens (tertiary/aromatic N) is 4. The van der Waals surface area contributed by atoms with E-state index >= 15 is 0 Å². The molecule has 0 aromatic carbocycles. The minimum absolute atomic E-state index is 0.0374. The van der Waals surface area contributed by atoms with Crippen LogP contribution in [0, 0.1) is 0 Å².